The number of rotatable bonds is 7. The zero-order valence-corrected chi connectivity index (χ0v) is 20.2. The molecular formula is C26H21IN2O4. The smallest absolute Gasteiger partial charge is 0.282 e. The number of aryl methyl sites for hydroxylation is 2. The van der Waals surface area contributed by atoms with Gasteiger partial charge in [0.25, 0.3) is 11.8 Å². The van der Waals surface area contributed by atoms with Gasteiger partial charge in [0.1, 0.15) is 6.61 Å². The number of hydrogen-bond acceptors (Lipinski definition) is 5. The number of halogens is 1. The predicted octanol–water partition coefficient (Wildman–Crippen LogP) is 5.14. The molecule has 1 aliphatic carbocycles. The number of carbonyl (C=O) groups excluding carboxylic acids is 2. The van der Waals surface area contributed by atoms with Crippen LogP contribution in [0, 0.1) is 3.57 Å². The van der Waals surface area contributed by atoms with Crippen LogP contribution in [0.25, 0.3) is 10.8 Å². The number of nitrogens with zero attached hydrogens (tertiary/aromatic N) is 2. The Bertz CT molecular complexity index is 1300. The second kappa shape index (κ2) is 8.62. The second-order valence-corrected chi connectivity index (χ2v) is 8.99. The summed E-state index contributed by atoms with van der Waals surface area (Å²) in [7, 11) is 0. The molecule has 7 heteroatoms. The standard InChI is InChI=1S/C26H21IN2O4/c1-3-11-33-24-20(27)12-15(13-21(24)32-4-2)14-28-29-25(30)18-9-7-16-5-6-17-8-10-19(26(29)31)23(18)22(16)17/h3,7-10,12-14H,1,4-6,11H2,2H3/b28-14-. The van der Waals surface area contributed by atoms with Gasteiger partial charge in [-0.1, -0.05) is 24.8 Å². The fraction of sp³-hybridized carbons (Fsp3) is 0.192. The molecule has 0 saturated heterocycles. The highest BCUT2D eigenvalue weighted by Gasteiger charge is 2.35. The van der Waals surface area contributed by atoms with Crippen LogP contribution >= 0.6 is 22.6 Å². The summed E-state index contributed by atoms with van der Waals surface area (Å²) in [5.41, 5.74) is 4.11. The molecule has 5 rings (SSSR count). The Morgan fingerprint density at radius 2 is 1.70 bits per heavy atom. The normalized spacial score (nSPS) is 14.4. The Kier molecular flexibility index (Phi) is 5.65. The summed E-state index contributed by atoms with van der Waals surface area (Å²) in [6.45, 7) is 6.39. The van der Waals surface area contributed by atoms with Gasteiger partial charge in [0.05, 0.1) is 27.5 Å². The van der Waals surface area contributed by atoms with Crippen LogP contribution in [0.3, 0.4) is 0 Å². The highest BCUT2D eigenvalue weighted by atomic mass is 127. The van der Waals surface area contributed by atoms with Crippen molar-refractivity contribution in [3.63, 3.8) is 0 Å². The maximum Gasteiger partial charge on any atom is 0.282 e. The molecule has 0 atom stereocenters. The Morgan fingerprint density at radius 3 is 2.30 bits per heavy atom. The van der Waals surface area contributed by atoms with E-state index in [2.05, 4.69) is 34.3 Å². The molecule has 0 aromatic heterocycles. The lowest BCUT2D eigenvalue weighted by Crippen LogP contribution is -2.36. The van der Waals surface area contributed by atoms with Crippen LogP contribution in [0.2, 0.25) is 0 Å². The molecule has 6 nitrogen and oxygen atoms in total. The van der Waals surface area contributed by atoms with Crippen molar-refractivity contribution in [2.45, 2.75) is 19.8 Å². The lowest BCUT2D eigenvalue weighted by atomic mass is 9.92. The molecule has 0 radical (unpaired) electrons. The highest BCUT2D eigenvalue weighted by molar-refractivity contribution is 14.1. The summed E-state index contributed by atoms with van der Waals surface area (Å²) in [6, 6.07) is 11.3. The van der Waals surface area contributed by atoms with Crippen LogP contribution in [-0.2, 0) is 12.8 Å². The number of hydrogen-bond donors (Lipinski definition) is 0. The molecule has 1 aliphatic heterocycles. The van der Waals surface area contributed by atoms with Crippen molar-refractivity contribution in [2.75, 3.05) is 13.2 Å². The van der Waals surface area contributed by atoms with Crippen LogP contribution in [0.15, 0.2) is 54.2 Å². The Labute approximate surface area is 205 Å². The maximum atomic E-state index is 13.2. The molecule has 166 valence electrons. The fourth-order valence-corrected chi connectivity index (χ4v) is 5.22. The Morgan fingerprint density at radius 1 is 1.03 bits per heavy atom. The van der Waals surface area contributed by atoms with Crippen molar-refractivity contribution in [1.82, 2.24) is 5.01 Å². The second-order valence-electron chi connectivity index (χ2n) is 7.82. The molecule has 2 aliphatic rings. The summed E-state index contributed by atoms with van der Waals surface area (Å²) in [5.74, 6) is 0.366. The molecule has 0 N–H and O–H groups in total. The molecule has 0 fully saturated rings. The van der Waals surface area contributed by atoms with Gasteiger partial charge in [-0.15, -0.1) is 0 Å². The third-order valence-electron chi connectivity index (χ3n) is 5.84. The number of ether oxygens (including phenoxy) is 2. The first-order valence-electron chi connectivity index (χ1n) is 10.7. The molecule has 2 amide bonds. The Balaban J connectivity index is 1.51. The number of hydrazone groups is 1. The molecule has 3 aromatic rings. The summed E-state index contributed by atoms with van der Waals surface area (Å²) in [5, 5.41) is 7.06. The van der Waals surface area contributed by atoms with Crippen LogP contribution in [-0.4, -0.2) is 36.3 Å². The number of imide groups is 1. The maximum absolute atomic E-state index is 13.2. The minimum absolute atomic E-state index is 0.356. The van der Waals surface area contributed by atoms with Crippen molar-refractivity contribution in [1.29, 1.82) is 0 Å². The molecule has 3 aromatic carbocycles. The van der Waals surface area contributed by atoms with Crippen molar-refractivity contribution >= 4 is 51.4 Å². The molecule has 1 heterocycles. The molecule has 0 spiro atoms. The lowest BCUT2D eigenvalue weighted by molar-refractivity contribution is 0.0616. The van der Waals surface area contributed by atoms with Crippen molar-refractivity contribution < 1.29 is 19.1 Å². The summed E-state index contributed by atoms with van der Waals surface area (Å²) in [6.07, 6.45) is 5.04. The van der Waals surface area contributed by atoms with Gasteiger partial charge < -0.3 is 9.47 Å². The molecule has 0 bridgehead atoms. The first kappa shape index (κ1) is 21.6. The van der Waals surface area contributed by atoms with Crippen LogP contribution in [0.5, 0.6) is 11.5 Å². The SMILES string of the molecule is C=CCOc1c(I)cc(/C=N\N2C(=O)c3ccc4c5c(ccc(c35)C2=O)CC4)cc1OCC. The topological polar surface area (TPSA) is 68.2 Å². The average molecular weight is 552 g/mol. The zero-order chi connectivity index (χ0) is 23.1. The minimum Gasteiger partial charge on any atom is -0.490 e. The van der Waals surface area contributed by atoms with E-state index in [1.807, 2.05) is 37.3 Å². The molecule has 0 saturated carbocycles. The fourth-order valence-electron chi connectivity index (χ4n) is 4.44. The van der Waals surface area contributed by atoms with E-state index >= 15 is 0 Å². The lowest BCUT2D eigenvalue weighted by Gasteiger charge is -2.23. The minimum atomic E-state index is -0.412. The first-order chi connectivity index (χ1) is 16.0. The largest absolute Gasteiger partial charge is 0.490 e. The third-order valence-corrected chi connectivity index (χ3v) is 6.64. The average Bonchev–Trinajstić information content (AvgIpc) is 3.23. The quantitative estimate of drug-likeness (QED) is 0.176. The van der Waals surface area contributed by atoms with E-state index in [0.717, 1.165) is 32.2 Å². The monoisotopic (exact) mass is 552 g/mol. The van der Waals surface area contributed by atoms with Gasteiger partial charge in [-0.05, 0) is 88.7 Å². The number of amides is 2. The van der Waals surface area contributed by atoms with E-state index in [9.17, 15) is 9.59 Å². The van der Waals surface area contributed by atoms with Crippen molar-refractivity contribution in [3.8, 4) is 11.5 Å². The third kappa shape index (κ3) is 3.60. The molecule has 33 heavy (non-hydrogen) atoms. The van der Waals surface area contributed by atoms with E-state index in [1.54, 1.807) is 12.1 Å². The van der Waals surface area contributed by atoms with E-state index in [4.69, 9.17) is 9.47 Å². The van der Waals surface area contributed by atoms with Gasteiger partial charge in [0.15, 0.2) is 11.5 Å². The number of carbonyl (C=O) groups is 2. The van der Waals surface area contributed by atoms with E-state index in [1.165, 1.54) is 17.3 Å². The van der Waals surface area contributed by atoms with Gasteiger partial charge in [-0.3, -0.25) is 9.59 Å². The van der Waals surface area contributed by atoms with Gasteiger partial charge in [-0.2, -0.15) is 10.1 Å². The van der Waals surface area contributed by atoms with Crippen LogP contribution < -0.4 is 9.47 Å². The van der Waals surface area contributed by atoms with E-state index < -0.39 is 11.8 Å². The zero-order valence-electron chi connectivity index (χ0n) is 18.1. The Hall–Kier alpha value is -3.20. The van der Waals surface area contributed by atoms with E-state index in [0.29, 0.717) is 41.4 Å². The van der Waals surface area contributed by atoms with Gasteiger partial charge in [0.2, 0.25) is 0 Å². The van der Waals surface area contributed by atoms with Crippen LogP contribution in [0.1, 0.15) is 44.3 Å². The van der Waals surface area contributed by atoms with Crippen molar-refractivity contribution in [2.24, 2.45) is 5.10 Å². The van der Waals surface area contributed by atoms with Crippen LogP contribution in [0.4, 0.5) is 0 Å². The summed E-state index contributed by atoms with van der Waals surface area (Å²) in [4.78, 5) is 26.4. The van der Waals surface area contributed by atoms with Gasteiger partial charge in [0, 0.05) is 5.39 Å². The predicted molar refractivity (Wildman–Crippen MR) is 135 cm³/mol. The highest BCUT2D eigenvalue weighted by Crippen LogP contribution is 2.38. The first-order valence-corrected chi connectivity index (χ1v) is 11.8. The number of benzene rings is 3. The summed E-state index contributed by atoms with van der Waals surface area (Å²) < 4.78 is 12.3. The van der Waals surface area contributed by atoms with Crippen molar-refractivity contribution in [3.05, 3.63) is 80.4 Å². The van der Waals surface area contributed by atoms with E-state index in [-0.39, 0.29) is 0 Å². The molecular weight excluding hydrogens is 531 g/mol. The summed E-state index contributed by atoms with van der Waals surface area (Å²) >= 11 is 2.16. The molecule has 0 unspecified atom stereocenters. The van der Waals surface area contributed by atoms with Gasteiger partial charge >= 0.3 is 0 Å². The van der Waals surface area contributed by atoms with Gasteiger partial charge in [-0.25, -0.2) is 0 Å².